The highest BCUT2D eigenvalue weighted by Gasteiger charge is 2.24. The molecule has 0 atom stereocenters. The average Bonchev–Trinajstić information content (AvgIpc) is 2.92. The lowest BCUT2D eigenvalue weighted by atomic mass is 10.00. The number of thiophene rings is 1. The number of benzene rings is 1. The molecule has 0 bridgehead atoms. The van der Waals surface area contributed by atoms with Crippen molar-refractivity contribution in [3.63, 3.8) is 0 Å². The fourth-order valence-corrected chi connectivity index (χ4v) is 3.94. The minimum Gasteiger partial charge on any atom is -0.465 e. The molecule has 0 radical (unpaired) electrons. The third-order valence-electron chi connectivity index (χ3n) is 3.53. The third-order valence-corrected chi connectivity index (χ3v) is 5.48. The second-order valence-electron chi connectivity index (χ2n) is 5.25. The van der Waals surface area contributed by atoms with Gasteiger partial charge in [-0.3, -0.25) is 0 Å². The Morgan fingerprint density at radius 3 is 2.58 bits per heavy atom. The summed E-state index contributed by atoms with van der Waals surface area (Å²) in [6.07, 6.45) is 2.48. The molecular weight excluding hydrogens is 348 g/mol. The Morgan fingerprint density at radius 2 is 1.96 bits per heavy atom. The summed E-state index contributed by atoms with van der Waals surface area (Å²) in [7, 11) is -2.25. The van der Waals surface area contributed by atoms with Gasteiger partial charge in [0.1, 0.15) is 4.88 Å². The minimum atomic E-state index is -3.55. The Morgan fingerprint density at radius 1 is 1.25 bits per heavy atom. The molecule has 3 aromatic rings. The lowest BCUT2D eigenvalue weighted by Crippen LogP contribution is -2.04. The van der Waals surface area contributed by atoms with Crippen molar-refractivity contribution in [2.24, 2.45) is 0 Å². The van der Waals surface area contributed by atoms with Crippen LogP contribution < -0.4 is 0 Å². The molecule has 8 heteroatoms. The van der Waals surface area contributed by atoms with Crippen LogP contribution in [-0.4, -0.2) is 37.7 Å². The Bertz CT molecular complexity index is 1060. The van der Waals surface area contributed by atoms with E-state index in [1.807, 2.05) is 31.2 Å². The van der Waals surface area contributed by atoms with Crippen molar-refractivity contribution in [3.8, 4) is 11.1 Å². The third kappa shape index (κ3) is 2.78. The molecule has 0 aliphatic carbocycles. The van der Waals surface area contributed by atoms with E-state index in [2.05, 4.69) is 9.97 Å². The molecule has 0 saturated heterocycles. The van der Waals surface area contributed by atoms with Gasteiger partial charge in [0.2, 0.25) is 15.0 Å². The van der Waals surface area contributed by atoms with Crippen molar-refractivity contribution in [2.45, 2.75) is 12.1 Å². The molecule has 3 rings (SSSR count). The summed E-state index contributed by atoms with van der Waals surface area (Å²) in [6, 6.07) is 7.53. The number of esters is 1. The lowest BCUT2D eigenvalue weighted by Gasteiger charge is -2.07. The quantitative estimate of drug-likeness (QED) is 0.526. The predicted molar refractivity (Wildman–Crippen MR) is 92.0 cm³/mol. The van der Waals surface area contributed by atoms with Gasteiger partial charge in [-0.25, -0.2) is 23.2 Å². The Hall–Kier alpha value is -2.32. The summed E-state index contributed by atoms with van der Waals surface area (Å²) in [5, 5.41) is -0.265. The minimum absolute atomic E-state index is 0.265. The predicted octanol–water partition coefficient (Wildman–Crippen LogP) is 2.86. The van der Waals surface area contributed by atoms with E-state index in [0.717, 1.165) is 17.4 Å². The maximum Gasteiger partial charge on any atom is 0.348 e. The maximum absolute atomic E-state index is 12.2. The smallest absolute Gasteiger partial charge is 0.348 e. The first-order valence-corrected chi connectivity index (χ1v) is 9.67. The largest absolute Gasteiger partial charge is 0.465 e. The average molecular weight is 362 g/mol. The Balaban J connectivity index is 2.42. The van der Waals surface area contributed by atoms with Gasteiger partial charge in [0.05, 0.1) is 17.3 Å². The van der Waals surface area contributed by atoms with Gasteiger partial charge in [0.25, 0.3) is 0 Å². The zero-order valence-corrected chi connectivity index (χ0v) is 14.9. The van der Waals surface area contributed by atoms with Gasteiger partial charge < -0.3 is 4.74 Å². The number of hydrogen-bond acceptors (Lipinski definition) is 7. The standard InChI is InChI=1S/C16H14N2O4S2/c1-9-6-4-5-7-10(9)12-13-11(23-14(12)15(19)22-2)8-17-16(18-13)24(3,20)21/h4-8H,1-3H3. The number of ether oxygens (including phenoxy) is 1. The van der Waals surface area contributed by atoms with Crippen LogP contribution in [0.15, 0.2) is 35.6 Å². The van der Waals surface area contributed by atoms with Crippen LogP contribution in [0.2, 0.25) is 0 Å². The van der Waals surface area contributed by atoms with E-state index in [9.17, 15) is 13.2 Å². The molecule has 2 heterocycles. The summed E-state index contributed by atoms with van der Waals surface area (Å²) in [4.78, 5) is 20.7. The van der Waals surface area contributed by atoms with Gasteiger partial charge in [-0.2, -0.15) is 0 Å². The monoisotopic (exact) mass is 362 g/mol. The first-order valence-electron chi connectivity index (χ1n) is 6.97. The molecule has 1 aromatic carbocycles. The molecule has 0 saturated carbocycles. The van der Waals surface area contributed by atoms with E-state index < -0.39 is 15.8 Å². The van der Waals surface area contributed by atoms with Gasteiger partial charge in [-0.15, -0.1) is 11.3 Å². The van der Waals surface area contributed by atoms with E-state index in [1.54, 1.807) is 0 Å². The summed E-state index contributed by atoms with van der Waals surface area (Å²) in [6.45, 7) is 1.92. The van der Waals surface area contributed by atoms with E-state index in [4.69, 9.17) is 4.74 Å². The van der Waals surface area contributed by atoms with Crippen molar-refractivity contribution in [3.05, 3.63) is 40.9 Å². The molecule has 2 aromatic heterocycles. The zero-order valence-electron chi connectivity index (χ0n) is 13.2. The number of fused-ring (bicyclic) bond motifs is 1. The van der Waals surface area contributed by atoms with Crippen LogP contribution in [0.3, 0.4) is 0 Å². The number of aryl methyl sites for hydroxylation is 1. The summed E-state index contributed by atoms with van der Waals surface area (Å²) in [5.74, 6) is -0.489. The molecule has 0 amide bonds. The van der Waals surface area contributed by atoms with Crippen LogP contribution in [-0.2, 0) is 14.6 Å². The normalized spacial score (nSPS) is 11.6. The van der Waals surface area contributed by atoms with Crippen molar-refractivity contribution >= 4 is 37.4 Å². The van der Waals surface area contributed by atoms with Crippen LogP contribution in [0.1, 0.15) is 15.2 Å². The highest BCUT2D eigenvalue weighted by Crippen LogP contribution is 2.39. The molecule has 0 aliphatic rings. The number of rotatable bonds is 3. The van der Waals surface area contributed by atoms with Crippen molar-refractivity contribution in [2.75, 3.05) is 13.4 Å². The fraction of sp³-hybridized carbons (Fsp3) is 0.188. The zero-order chi connectivity index (χ0) is 17.5. The Kier molecular flexibility index (Phi) is 4.10. The second-order valence-corrected chi connectivity index (χ2v) is 8.21. The fourth-order valence-electron chi connectivity index (χ4n) is 2.40. The molecule has 24 heavy (non-hydrogen) atoms. The van der Waals surface area contributed by atoms with E-state index in [0.29, 0.717) is 20.7 Å². The van der Waals surface area contributed by atoms with E-state index in [1.165, 1.54) is 24.6 Å². The van der Waals surface area contributed by atoms with Gasteiger partial charge >= 0.3 is 5.97 Å². The van der Waals surface area contributed by atoms with Crippen LogP contribution in [0.4, 0.5) is 0 Å². The highest BCUT2D eigenvalue weighted by molar-refractivity contribution is 7.90. The molecule has 0 N–H and O–H groups in total. The van der Waals surface area contributed by atoms with E-state index >= 15 is 0 Å². The van der Waals surface area contributed by atoms with Crippen molar-refractivity contribution in [1.29, 1.82) is 0 Å². The number of carbonyl (C=O) groups is 1. The van der Waals surface area contributed by atoms with Crippen molar-refractivity contribution < 1.29 is 17.9 Å². The van der Waals surface area contributed by atoms with Crippen LogP contribution in [0.5, 0.6) is 0 Å². The molecule has 6 nitrogen and oxygen atoms in total. The second kappa shape index (κ2) is 5.95. The molecule has 0 fully saturated rings. The van der Waals surface area contributed by atoms with Crippen molar-refractivity contribution in [1.82, 2.24) is 9.97 Å². The van der Waals surface area contributed by atoms with Crippen LogP contribution >= 0.6 is 11.3 Å². The van der Waals surface area contributed by atoms with Crippen LogP contribution in [0.25, 0.3) is 21.3 Å². The number of nitrogens with zero attached hydrogens (tertiary/aromatic N) is 2. The maximum atomic E-state index is 12.2. The number of hydrogen-bond donors (Lipinski definition) is 0. The number of methoxy groups -OCH3 is 1. The molecule has 0 spiro atoms. The van der Waals surface area contributed by atoms with Gasteiger partial charge in [0.15, 0.2) is 0 Å². The van der Waals surface area contributed by atoms with Gasteiger partial charge in [-0.05, 0) is 18.1 Å². The summed E-state index contributed by atoms with van der Waals surface area (Å²) >= 11 is 1.19. The first-order chi connectivity index (χ1) is 11.3. The van der Waals surface area contributed by atoms with Gasteiger partial charge in [0, 0.05) is 18.0 Å². The lowest BCUT2D eigenvalue weighted by molar-refractivity contribution is 0.0607. The highest BCUT2D eigenvalue weighted by atomic mass is 32.2. The number of aromatic nitrogens is 2. The summed E-state index contributed by atoms with van der Waals surface area (Å²) in [5.41, 5.74) is 2.77. The molecular formula is C16H14N2O4S2. The number of sulfone groups is 1. The number of carbonyl (C=O) groups excluding carboxylic acids is 1. The van der Waals surface area contributed by atoms with Crippen LogP contribution in [0, 0.1) is 6.92 Å². The SMILES string of the molecule is COC(=O)c1sc2cnc(S(C)(=O)=O)nc2c1-c1ccccc1C. The molecule has 0 unspecified atom stereocenters. The molecule has 124 valence electrons. The molecule has 0 aliphatic heterocycles. The van der Waals surface area contributed by atoms with E-state index in [-0.39, 0.29) is 5.16 Å². The topological polar surface area (TPSA) is 86.2 Å². The van der Waals surface area contributed by atoms with Gasteiger partial charge in [-0.1, -0.05) is 24.3 Å². The Labute approximate surface area is 143 Å². The summed E-state index contributed by atoms with van der Waals surface area (Å²) < 4.78 is 29.0. The first kappa shape index (κ1) is 16.5.